The van der Waals surface area contributed by atoms with Crippen LogP contribution in [0.25, 0.3) is 0 Å². The topological polar surface area (TPSA) is 85.1 Å². The Balaban J connectivity index is 2.16. The van der Waals surface area contributed by atoms with E-state index >= 15 is 0 Å². The number of aromatic nitrogens is 1. The van der Waals surface area contributed by atoms with Gasteiger partial charge in [-0.2, -0.15) is 0 Å². The Bertz CT molecular complexity index is 698. The highest BCUT2D eigenvalue weighted by atomic mass is 35.5. The zero-order valence-electron chi connectivity index (χ0n) is 10.1. The van der Waals surface area contributed by atoms with Crippen LogP contribution in [0.3, 0.4) is 0 Å². The zero-order valence-corrected chi connectivity index (χ0v) is 12.4. The molecular weight excluding hydrogens is 306 g/mol. The van der Waals surface area contributed by atoms with Crippen molar-refractivity contribution in [2.24, 2.45) is 0 Å². The smallest absolute Gasteiger partial charge is 0.252 e. The maximum atomic E-state index is 12.1. The third kappa shape index (κ3) is 3.44. The van der Waals surface area contributed by atoms with Gasteiger partial charge in [-0.05, 0) is 24.6 Å². The summed E-state index contributed by atoms with van der Waals surface area (Å²) in [5.74, 6) is 0. The monoisotopic (exact) mass is 317 g/mol. The van der Waals surface area contributed by atoms with Crippen molar-refractivity contribution in [3.05, 3.63) is 40.5 Å². The summed E-state index contributed by atoms with van der Waals surface area (Å²) in [6.07, 6.45) is 0. The van der Waals surface area contributed by atoms with Gasteiger partial charge >= 0.3 is 0 Å². The summed E-state index contributed by atoms with van der Waals surface area (Å²) in [6.45, 7) is 1.78. The van der Waals surface area contributed by atoms with Gasteiger partial charge in [0.2, 0.25) is 0 Å². The van der Waals surface area contributed by atoms with Gasteiger partial charge in [0.25, 0.3) is 10.0 Å². The summed E-state index contributed by atoms with van der Waals surface area (Å²) in [5.41, 5.74) is 6.69. The number of nitrogens with zero attached hydrogens (tertiary/aromatic N) is 1. The Morgan fingerprint density at radius 1 is 1.47 bits per heavy atom. The van der Waals surface area contributed by atoms with Gasteiger partial charge in [-0.25, -0.2) is 18.1 Å². The van der Waals surface area contributed by atoms with Crippen molar-refractivity contribution in [3.63, 3.8) is 0 Å². The highest BCUT2D eigenvalue weighted by molar-refractivity contribution is 7.91. The molecule has 8 heteroatoms. The van der Waals surface area contributed by atoms with Crippen LogP contribution < -0.4 is 10.5 Å². The molecule has 0 amide bonds. The predicted molar refractivity (Wildman–Crippen MR) is 76.7 cm³/mol. The molecule has 0 bridgehead atoms. The SMILES string of the molecule is Cc1nc(N)sc1S(=O)(=O)NCc1cccc(Cl)c1. The first-order valence-electron chi connectivity index (χ1n) is 5.35. The van der Waals surface area contributed by atoms with E-state index in [-0.39, 0.29) is 15.9 Å². The van der Waals surface area contributed by atoms with Gasteiger partial charge in [-0.3, -0.25) is 0 Å². The zero-order chi connectivity index (χ0) is 14.0. The van der Waals surface area contributed by atoms with Gasteiger partial charge in [0.15, 0.2) is 9.34 Å². The van der Waals surface area contributed by atoms with E-state index in [0.717, 1.165) is 16.9 Å². The number of benzene rings is 1. The minimum absolute atomic E-state index is 0.145. The fraction of sp³-hybridized carbons (Fsp3) is 0.182. The van der Waals surface area contributed by atoms with Crippen LogP contribution >= 0.6 is 22.9 Å². The first kappa shape index (κ1) is 14.3. The Labute approximate surface area is 120 Å². The summed E-state index contributed by atoms with van der Waals surface area (Å²) in [6, 6.07) is 7.00. The van der Waals surface area contributed by atoms with Gasteiger partial charge in [0.05, 0.1) is 5.69 Å². The van der Waals surface area contributed by atoms with Gasteiger partial charge in [-0.15, -0.1) is 0 Å². The second kappa shape index (κ2) is 5.46. The first-order valence-corrected chi connectivity index (χ1v) is 8.03. The molecule has 0 atom stereocenters. The molecule has 0 radical (unpaired) electrons. The molecule has 1 aromatic carbocycles. The fourth-order valence-electron chi connectivity index (χ4n) is 1.54. The third-order valence-corrected chi connectivity index (χ3v) is 5.60. The largest absolute Gasteiger partial charge is 0.375 e. The normalized spacial score (nSPS) is 11.7. The molecule has 1 aromatic heterocycles. The highest BCUT2D eigenvalue weighted by Crippen LogP contribution is 2.24. The molecule has 0 fully saturated rings. The lowest BCUT2D eigenvalue weighted by Gasteiger charge is -2.05. The molecule has 0 spiro atoms. The van der Waals surface area contributed by atoms with Crippen LogP contribution in [0.4, 0.5) is 5.13 Å². The van der Waals surface area contributed by atoms with E-state index < -0.39 is 10.0 Å². The number of hydrogen-bond acceptors (Lipinski definition) is 5. The van der Waals surface area contributed by atoms with Gasteiger partial charge in [0.1, 0.15) is 0 Å². The average molecular weight is 318 g/mol. The lowest BCUT2D eigenvalue weighted by atomic mass is 10.2. The van der Waals surface area contributed by atoms with Gasteiger partial charge < -0.3 is 5.73 Å². The van der Waals surface area contributed by atoms with Crippen molar-refractivity contribution in [2.75, 3.05) is 5.73 Å². The van der Waals surface area contributed by atoms with Crippen molar-refractivity contribution >= 4 is 38.1 Å². The number of sulfonamides is 1. The standard InChI is InChI=1S/C11H12ClN3O2S2/c1-7-10(18-11(13)15-7)19(16,17)14-6-8-3-2-4-9(12)5-8/h2-5,14H,6H2,1H3,(H2,13,15). The van der Waals surface area contributed by atoms with Crippen LogP contribution in [0.5, 0.6) is 0 Å². The Morgan fingerprint density at radius 3 is 2.79 bits per heavy atom. The Hall–Kier alpha value is -1.15. The average Bonchev–Trinajstić information content (AvgIpc) is 2.67. The molecule has 3 N–H and O–H groups in total. The van der Waals surface area contributed by atoms with E-state index in [4.69, 9.17) is 17.3 Å². The maximum Gasteiger partial charge on any atom is 0.252 e. The van der Waals surface area contributed by atoms with Crippen LogP contribution in [-0.2, 0) is 16.6 Å². The molecular formula is C11H12ClN3O2S2. The van der Waals surface area contributed by atoms with Crippen LogP contribution in [0, 0.1) is 6.92 Å². The van der Waals surface area contributed by atoms with Crippen molar-refractivity contribution < 1.29 is 8.42 Å². The molecule has 0 saturated carbocycles. The summed E-state index contributed by atoms with van der Waals surface area (Å²) in [7, 11) is -3.60. The summed E-state index contributed by atoms with van der Waals surface area (Å²) in [4.78, 5) is 3.90. The number of nitrogens with two attached hydrogens (primary N) is 1. The van der Waals surface area contributed by atoms with Crippen molar-refractivity contribution in [1.29, 1.82) is 0 Å². The van der Waals surface area contributed by atoms with Crippen molar-refractivity contribution in [2.45, 2.75) is 17.7 Å². The molecule has 19 heavy (non-hydrogen) atoms. The summed E-state index contributed by atoms with van der Waals surface area (Å²) >= 11 is 6.79. The summed E-state index contributed by atoms with van der Waals surface area (Å²) in [5, 5.41) is 0.801. The van der Waals surface area contributed by atoms with Crippen LogP contribution in [0.2, 0.25) is 5.02 Å². The van der Waals surface area contributed by atoms with E-state index in [9.17, 15) is 8.42 Å². The molecule has 2 aromatic rings. The molecule has 0 aliphatic carbocycles. The van der Waals surface area contributed by atoms with E-state index in [1.807, 2.05) is 0 Å². The molecule has 102 valence electrons. The number of thiazole rings is 1. The minimum Gasteiger partial charge on any atom is -0.375 e. The number of anilines is 1. The first-order chi connectivity index (χ1) is 8.88. The molecule has 0 aliphatic rings. The highest BCUT2D eigenvalue weighted by Gasteiger charge is 2.20. The molecule has 0 unspecified atom stereocenters. The lowest BCUT2D eigenvalue weighted by Crippen LogP contribution is -2.23. The van der Waals surface area contributed by atoms with Crippen LogP contribution in [-0.4, -0.2) is 13.4 Å². The molecule has 0 aliphatic heterocycles. The molecule has 1 heterocycles. The van der Waals surface area contributed by atoms with E-state index in [1.165, 1.54) is 0 Å². The Morgan fingerprint density at radius 2 is 2.21 bits per heavy atom. The number of hydrogen-bond donors (Lipinski definition) is 2. The van der Waals surface area contributed by atoms with Crippen LogP contribution in [0.1, 0.15) is 11.3 Å². The molecule has 2 rings (SSSR count). The molecule has 0 saturated heterocycles. The lowest BCUT2D eigenvalue weighted by molar-refractivity contribution is 0.582. The van der Waals surface area contributed by atoms with Crippen molar-refractivity contribution in [1.82, 2.24) is 9.71 Å². The quantitative estimate of drug-likeness (QED) is 0.905. The Kier molecular flexibility index (Phi) is 4.10. The second-order valence-electron chi connectivity index (χ2n) is 3.88. The maximum absolute atomic E-state index is 12.1. The summed E-state index contributed by atoms with van der Waals surface area (Å²) < 4.78 is 26.8. The van der Waals surface area contributed by atoms with Crippen LogP contribution in [0.15, 0.2) is 28.5 Å². The minimum atomic E-state index is -3.60. The number of nitrogen functional groups attached to an aromatic ring is 1. The molecule has 5 nitrogen and oxygen atoms in total. The van der Waals surface area contributed by atoms with E-state index in [0.29, 0.717) is 10.7 Å². The van der Waals surface area contributed by atoms with Crippen molar-refractivity contribution in [3.8, 4) is 0 Å². The van der Waals surface area contributed by atoms with E-state index in [2.05, 4.69) is 9.71 Å². The number of nitrogens with one attached hydrogen (secondary N) is 1. The van der Waals surface area contributed by atoms with Gasteiger partial charge in [0, 0.05) is 11.6 Å². The number of rotatable bonds is 4. The van der Waals surface area contributed by atoms with E-state index in [1.54, 1.807) is 31.2 Å². The second-order valence-corrected chi connectivity index (χ2v) is 7.31. The predicted octanol–water partition coefficient (Wildman–Crippen LogP) is 2.17. The third-order valence-electron chi connectivity index (χ3n) is 2.37. The number of aryl methyl sites for hydroxylation is 1. The van der Waals surface area contributed by atoms with Gasteiger partial charge in [-0.1, -0.05) is 35.1 Å². The number of halogens is 1. The fourth-order valence-corrected chi connectivity index (χ4v) is 4.12.